The van der Waals surface area contributed by atoms with Gasteiger partial charge in [0.15, 0.2) is 0 Å². The fraction of sp³-hybridized carbons (Fsp3) is 0.400. The maximum atomic E-state index is 5.88. The van der Waals surface area contributed by atoms with Crippen molar-refractivity contribution in [3.63, 3.8) is 0 Å². The molecule has 20 heavy (non-hydrogen) atoms. The van der Waals surface area contributed by atoms with E-state index in [9.17, 15) is 0 Å². The molecule has 0 unspecified atom stereocenters. The van der Waals surface area contributed by atoms with Gasteiger partial charge < -0.3 is 15.2 Å². The van der Waals surface area contributed by atoms with E-state index in [0.29, 0.717) is 13.2 Å². The van der Waals surface area contributed by atoms with E-state index in [1.807, 2.05) is 36.0 Å². The van der Waals surface area contributed by atoms with Gasteiger partial charge in [-0.05, 0) is 30.7 Å². The Labute approximate surface area is 119 Å². The molecule has 2 N–H and O–H groups in total. The van der Waals surface area contributed by atoms with Crippen LogP contribution in [0.2, 0.25) is 0 Å². The molecule has 0 amide bonds. The summed E-state index contributed by atoms with van der Waals surface area (Å²) in [4.78, 5) is 0. The zero-order valence-corrected chi connectivity index (χ0v) is 12.0. The summed E-state index contributed by atoms with van der Waals surface area (Å²) in [5.74, 6) is 1.64. The summed E-state index contributed by atoms with van der Waals surface area (Å²) in [7, 11) is 3.58. The van der Waals surface area contributed by atoms with E-state index >= 15 is 0 Å². The zero-order valence-electron chi connectivity index (χ0n) is 12.0. The van der Waals surface area contributed by atoms with Gasteiger partial charge in [0.25, 0.3) is 0 Å². The summed E-state index contributed by atoms with van der Waals surface area (Å²) in [5, 5.41) is 4.14. The van der Waals surface area contributed by atoms with Crippen molar-refractivity contribution in [1.82, 2.24) is 9.78 Å². The van der Waals surface area contributed by atoms with Crippen LogP contribution < -0.4 is 15.2 Å². The molecule has 108 valence electrons. The first-order chi connectivity index (χ1) is 9.74. The molecule has 0 aliphatic rings. The SMILES string of the molecule is COc1ccc(CCN)c(OCCc2ccnn2C)c1. The van der Waals surface area contributed by atoms with Gasteiger partial charge in [-0.1, -0.05) is 6.07 Å². The van der Waals surface area contributed by atoms with Gasteiger partial charge in [-0.15, -0.1) is 0 Å². The van der Waals surface area contributed by atoms with Crippen LogP contribution in [0.5, 0.6) is 11.5 Å². The van der Waals surface area contributed by atoms with Crippen LogP contribution in [-0.2, 0) is 19.9 Å². The van der Waals surface area contributed by atoms with Crippen molar-refractivity contribution in [2.45, 2.75) is 12.8 Å². The third-order valence-corrected chi connectivity index (χ3v) is 3.23. The average molecular weight is 275 g/mol. The fourth-order valence-corrected chi connectivity index (χ4v) is 2.07. The molecule has 1 aromatic heterocycles. The normalized spacial score (nSPS) is 10.6. The Hall–Kier alpha value is -2.01. The second kappa shape index (κ2) is 6.96. The number of methoxy groups -OCH3 is 1. The lowest BCUT2D eigenvalue weighted by atomic mass is 10.1. The number of ether oxygens (including phenoxy) is 2. The maximum absolute atomic E-state index is 5.88. The average Bonchev–Trinajstić information content (AvgIpc) is 2.86. The minimum absolute atomic E-state index is 0.601. The molecule has 0 spiro atoms. The Morgan fingerprint density at radius 2 is 2.10 bits per heavy atom. The summed E-state index contributed by atoms with van der Waals surface area (Å²) in [5.41, 5.74) is 7.88. The van der Waals surface area contributed by atoms with Crippen LogP contribution in [0.1, 0.15) is 11.3 Å². The number of nitrogens with zero attached hydrogens (tertiary/aromatic N) is 2. The van der Waals surface area contributed by atoms with E-state index in [0.717, 1.165) is 35.6 Å². The molecule has 5 heteroatoms. The van der Waals surface area contributed by atoms with Gasteiger partial charge in [-0.2, -0.15) is 5.10 Å². The molecule has 0 atom stereocenters. The van der Waals surface area contributed by atoms with E-state index in [-0.39, 0.29) is 0 Å². The molecule has 0 saturated carbocycles. The number of aromatic nitrogens is 2. The van der Waals surface area contributed by atoms with E-state index < -0.39 is 0 Å². The molecule has 0 radical (unpaired) electrons. The van der Waals surface area contributed by atoms with Crippen molar-refractivity contribution >= 4 is 0 Å². The Morgan fingerprint density at radius 1 is 1.25 bits per heavy atom. The number of benzene rings is 1. The second-order valence-electron chi connectivity index (χ2n) is 4.56. The van der Waals surface area contributed by atoms with Crippen LogP contribution in [0.4, 0.5) is 0 Å². The van der Waals surface area contributed by atoms with Gasteiger partial charge >= 0.3 is 0 Å². The van der Waals surface area contributed by atoms with Gasteiger partial charge in [-0.3, -0.25) is 4.68 Å². The topological polar surface area (TPSA) is 62.3 Å². The monoisotopic (exact) mass is 275 g/mol. The molecule has 0 saturated heterocycles. The first-order valence-electron chi connectivity index (χ1n) is 6.71. The fourth-order valence-electron chi connectivity index (χ4n) is 2.07. The van der Waals surface area contributed by atoms with E-state index in [1.54, 1.807) is 13.3 Å². The molecule has 0 bridgehead atoms. The van der Waals surface area contributed by atoms with Crippen LogP contribution in [0, 0.1) is 0 Å². The Balaban J connectivity index is 2.01. The van der Waals surface area contributed by atoms with Gasteiger partial charge in [0.1, 0.15) is 11.5 Å². The summed E-state index contributed by atoms with van der Waals surface area (Å²) in [6, 6.07) is 7.84. The first kappa shape index (κ1) is 14.4. The lowest BCUT2D eigenvalue weighted by Crippen LogP contribution is -2.09. The first-order valence-corrected chi connectivity index (χ1v) is 6.71. The molecule has 2 rings (SSSR count). The van der Waals surface area contributed by atoms with Gasteiger partial charge in [0.2, 0.25) is 0 Å². The molecule has 1 aromatic carbocycles. The highest BCUT2D eigenvalue weighted by Crippen LogP contribution is 2.25. The lowest BCUT2D eigenvalue weighted by molar-refractivity contribution is 0.312. The minimum atomic E-state index is 0.601. The summed E-state index contributed by atoms with van der Waals surface area (Å²) in [6.45, 7) is 1.20. The summed E-state index contributed by atoms with van der Waals surface area (Å²) in [6.07, 6.45) is 3.40. The maximum Gasteiger partial charge on any atom is 0.126 e. The Kier molecular flexibility index (Phi) is 5.01. The smallest absolute Gasteiger partial charge is 0.126 e. The third kappa shape index (κ3) is 3.51. The molecular formula is C15H21N3O2. The highest BCUT2D eigenvalue weighted by molar-refractivity contribution is 5.41. The number of hydrogen-bond acceptors (Lipinski definition) is 4. The number of rotatable bonds is 7. The Morgan fingerprint density at radius 3 is 2.75 bits per heavy atom. The van der Waals surface area contributed by atoms with Crippen LogP contribution in [-0.4, -0.2) is 30.0 Å². The van der Waals surface area contributed by atoms with E-state index in [1.165, 1.54) is 0 Å². The van der Waals surface area contributed by atoms with Gasteiger partial charge in [-0.25, -0.2) is 0 Å². The number of hydrogen-bond donors (Lipinski definition) is 1. The van der Waals surface area contributed by atoms with E-state index in [4.69, 9.17) is 15.2 Å². The van der Waals surface area contributed by atoms with Gasteiger partial charge in [0, 0.05) is 31.4 Å². The van der Waals surface area contributed by atoms with Crippen LogP contribution in [0.15, 0.2) is 30.5 Å². The molecule has 1 heterocycles. The Bertz CT molecular complexity index is 552. The van der Waals surface area contributed by atoms with Crippen molar-refractivity contribution in [3.8, 4) is 11.5 Å². The van der Waals surface area contributed by atoms with Crippen molar-refractivity contribution in [2.24, 2.45) is 12.8 Å². The number of aryl methyl sites for hydroxylation is 1. The largest absolute Gasteiger partial charge is 0.497 e. The molecule has 5 nitrogen and oxygen atoms in total. The highest BCUT2D eigenvalue weighted by atomic mass is 16.5. The van der Waals surface area contributed by atoms with Crippen molar-refractivity contribution < 1.29 is 9.47 Å². The molecule has 0 fully saturated rings. The molecule has 2 aromatic rings. The van der Waals surface area contributed by atoms with Crippen LogP contribution in [0.3, 0.4) is 0 Å². The second-order valence-corrected chi connectivity index (χ2v) is 4.56. The van der Waals surface area contributed by atoms with Crippen molar-refractivity contribution in [2.75, 3.05) is 20.3 Å². The third-order valence-electron chi connectivity index (χ3n) is 3.23. The zero-order chi connectivity index (χ0) is 14.4. The summed E-state index contributed by atoms with van der Waals surface area (Å²) < 4.78 is 13.0. The van der Waals surface area contributed by atoms with Crippen LogP contribution in [0.25, 0.3) is 0 Å². The van der Waals surface area contributed by atoms with E-state index in [2.05, 4.69) is 5.10 Å². The number of nitrogens with two attached hydrogens (primary N) is 1. The molecule has 0 aliphatic heterocycles. The van der Waals surface area contributed by atoms with Crippen molar-refractivity contribution in [1.29, 1.82) is 0 Å². The predicted octanol–water partition coefficient (Wildman–Crippen LogP) is 1.55. The standard InChI is InChI=1S/C15H21N3O2/c1-18-13(6-9-17-18)7-10-20-15-11-14(19-2)4-3-12(15)5-8-16/h3-4,6,9,11H,5,7-8,10,16H2,1-2H3. The van der Waals surface area contributed by atoms with Gasteiger partial charge in [0.05, 0.1) is 13.7 Å². The quantitative estimate of drug-likeness (QED) is 0.833. The lowest BCUT2D eigenvalue weighted by Gasteiger charge is -2.12. The van der Waals surface area contributed by atoms with Crippen LogP contribution >= 0.6 is 0 Å². The predicted molar refractivity (Wildman–Crippen MR) is 78.2 cm³/mol. The summed E-state index contributed by atoms with van der Waals surface area (Å²) >= 11 is 0. The molecule has 0 aliphatic carbocycles. The molecular weight excluding hydrogens is 254 g/mol. The highest BCUT2D eigenvalue weighted by Gasteiger charge is 2.06. The van der Waals surface area contributed by atoms with Crippen molar-refractivity contribution in [3.05, 3.63) is 41.7 Å². The minimum Gasteiger partial charge on any atom is -0.497 e.